The fraction of sp³-hybridized carbons (Fsp3) is 0.385. The van der Waals surface area contributed by atoms with Crippen molar-refractivity contribution < 1.29 is 9.21 Å². The minimum Gasteiger partial charge on any atom is -0.459 e. The summed E-state index contributed by atoms with van der Waals surface area (Å²) in [4.78, 5) is 11.6. The summed E-state index contributed by atoms with van der Waals surface area (Å²) in [5.74, 6) is 1.15. The maximum atomic E-state index is 11.6. The van der Waals surface area contributed by atoms with Gasteiger partial charge in [-0.1, -0.05) is 12.2 Å². The monoisotopic (exact) mass is 277 g/mol. The van der Waals surface area contributed by atoms with Crippen LogP contribution in [0.3, 0.4) is 0 Å². The largest absolute Gasteiger partial charge is 0.459 e. The molecule has 6 heteroatoms. The van der Waals surface area contributed by atoms with Gasteiger partial charge in [0, 0.05) is 6.04 Å². The van der Waals surface area contributed by atoms with Gasteiger partial charge in [0.1, 0.15) is 0 Å². The van der Waals surface area contributed by atoms with Gasteiger partial charge in [-0.2, -0.15) is 0 Å². The van der Waals surface area contributed by atoms with Gasteiger partial charge >= 0.3 is 5.91 Å². The van der Waals surface area contributed by atoms with Crippen molar-refractivity contribution in [2.45, 2.75) is 18.9 Å². The molecular weight excluding hydrogens is 262 g/mol. The zero-order valence-corrected chi connectivity index (χ0v) is 11.1. The number of hydrazine groups is 1. The van der Waals surface area contributed by atoms with Gasteiger partial charge in [-0.3, -0.25) is 15.6 Å². The maximum absolute atomic E-state index is 11.6. The Morgan fingerprint density at radius 1 is 1.32 bits per heavy atom. The molecule has 1 heterocycles. The summed E-state index contributed by atoms with van der Waals surface area (Å²) in [6.45, 7) is 0. The Kier molecular flexibility index (Phi) is 3.25. The van der Waals surface area contributed by atoms with E-state index in [1.807, 2.05) is 0 Å². The molecule has 0 aromatic carbocycles. The van der Waals surface area contributed by atoms with Crippen LogP contribution in [0.25, 0.3) is 0 Å². The zero-order valence-electron chi connectivity index (χ0n) is 10.3. The molecule has 0 unspecified atom stereocenters. The molecule has 5 nitrogen and oxygen atoms in total. The molecule has 2 aliphatic rings. The molecule has 2 aliphatic carbocycles. The molecule has 0 spiro atoms. The molecule has 1 saturated carbocycles. The molecule has 0 saturated heterocycles. The minimum absolute atomic E-state index is 0.248. The van der Waals surface area contributed by atoms with Gasteiger partial charge in [0.15, 0.2) is 10.9 Å². The molecule has 0 aliphatic heterocycles. The van der Waals surface area contributed by atoms with Crippen molar-refractivity contribution in [3.8, 4) is 0 Å². The molecule has 0 radical (unpaired) electrons. The third-order valence-corrected chi connectivity index (χ3v) is 3.85. The molecule has 100 valence electrons. The predicted molar refractivity (Wildman–Crippen MR) is 74.2 cm³/mol. The van der Waals surface area contributed by atoms with E-state index in [9.17, 15) is 4.79 Å². The number of rotatable bonds is 2. The van der Waals surface area contributed by atoms with Crippen LogP contribution in [0.4, 0.5) is 0 Å². The van der Waals surface area contributed by atoms with E-state index in [1.165, 1.54) is 12.7 Å². The second kappa shape index (κ2) is 5.05. The number of fused-ring (bicyclic) bond motifs is 2. The number of amides is 1. The lowest BCUT2D eigenvalue weighted by molar-refractivity contribution is 0.0915. The highest BCUT2D eigenvalue weighted by Crippen LogP contribution is 2.38. The number of thiocarbonyl (C=S) groups is 1. The quantitative estimate of drug-likeness (QED) is 0.433. The first-order chi connectivity index (χ1) is 9.22. The van der Waals surface area contributed by atoms with E-state index in [0.29, 0.717) is 23.0 Å². The molecule has 19 heavy (non-hydrogen) atoms. The maximum Gasteiger partial charge on any atom is 0.305 e. The summed E-state index contributed by atoms with van der Waals surface area (Å²) in [7, 11) is 0. The van der Waals surface area contributed by atoms with Crippen LogP contribution in [-0.4, -0.2) is 17.1 Å². The Morgan fingerprint density at radius 2 is 2.21 bits per heavy atom. The van der Waals surface area contributed by atoms with Gasteiger partial charge in [-0.25, -0.2) is 0 Å². The van der Waals surface area contributed by atoms with Crippen LogP contribution < -0.4 is 16.2 Å². The van der Waals surface area contributed by atoms with E-state index in [-0.39, 0.29) is 11.7 Å². The predicted octanol–water partition coefficient (Wildman–Crippen LogP) is 1.35. The fourth-order valence-electron chi connectivity index (χ4n) is 2.73. The number of hydrogen-bond donors (Lipinski definition) is 3. The van der Waals surface area contributed by atoms with Gasteiger partial charge in [-0.15, -0.1) is 0 Å². The van der Waals surface area contributed by atoms with Crippen LogP contribution in [0.5, 0.6) is 0 Å². The smallest absolute Gasteiger partial charge is 0.305 e. The summed E-state index contributed by atoms with van der Waals surface area (Å²) in [5, 5.41) is 3.67. The van der Waals surface area contributed by atoms with E-state index < -0.39 is 0 Å². The van der Waals surface area contributed by atoms with E-state index in [4.69, 9.17) is 16.6 Å². The number of carbonyl (C=O) groups is 1. The Morgan fingerprint density at radius 3 is 2.84 bits per heavy atom. The molecule has 1 aromatic heterocycles. The summed E-state index contributed by atoms with van der Waals surface area (Å²) < 4.78 is 4.98. The Balaban J connectivity index is 1.45. The number of carbonyl (C=O) groups excluding carboxylic acids is 1. The average Bonchev–Trinajstić information content (AvgIpc) is 3.12. The molecule has 3 rings (SSSR count). The van der Waals surface area contributed by atoms with E-state index in [0.717, 1.165) is 6.42 Å². The van der Waals surface area contributed by atoms with Gasteiger partial charge < -0.3 is 9.73 Å². The lowest BCUT2D eigenvalue weighted by atomic mass is 10.0. The van der Waals surface area contributed by atoms with E-state index in [1.54, 1.807) is 12.1 Å². The van der Waals surface area contributed by atoms with E-state index in [2.05, 4.69) is 28.3 Å². The molecule has 3 N–H and O–H groups in total. The molecule has 3 atom stereocenters. The van der Waals surface area contributed by atoms with Crippen molar-refractivity contribution in [1.29, 1.82) is 0 Å². The normalized spacial score (nSPS) is 27.3. The Bertz CT molecular complexity index is 512. The highest BCUT2D eigenvalue weighted by molar-refractivity contribution is 7.80. The SMILES string of the molecule is O=C(NNC(=S)N[C@@H]1C[C@@H]2C=C[C@H]1C2)c1ccco1. The Labute approximate surface area is 116 Å². The van der Waals surface area contributed by atoms with Crippen LogP contribution in [0, 0.1) is 11.8 Å². The van der Waals surface area contributed by atoms with Crippen molar-refractivity contribution in [1.82, 2.24) is 16.2 Å². The average molecular weight is 277 g/mol. The van der Waals surface area contributed by atoms with Gasteiger partial charge in [0.2, 0.25) is 0 Å². The van der Waals surface area contributed by atoms with Gasteiger partial charge in [-0.05, 0) is 49.0 Å². The second-order valence-electron chi connectivity index (χ2n) is 4.92. The van der Waals surface area contributed by atoms with E-state index >= 15 is 0 Å². The summed E-state index contributed by atoms with van der Waals surface area (Å²) in [6.07, 6.45) is 8.29. The number of furan rings is 1. The van der Waals surface area contributed by atoms with Crippen LogP contribution in [0.15, 0.2) is 35.0 Å². The summed E-state index contributed by atoms with van der Waals surface area (Å²) in [6, 6.07) is 3.62. The first-order valence-corrected chi connectivity index (χ1v) is 6.72. The van der Waals surface area contributed by atoms with Crippen molar-refractivity contribution in [2.75, 3.05) is 0 Å². The third kappa shape index (κ3) is 2.63. The van der Waals surface area contributed by atoms with Crippen LogP contribution in [-0.2, 0) is 0 Å². The molecule has 1 amide bonds. The summed E-state index contributed by atoms with van der Waals surface area (Å²) >= 11 is 5.16. The van der Waals surface area contributed by atoms with Crippen LogP contribution in [0.1, 0.15) is 23.4 Å². The number of hydrogen-bond acceptors (Lipinski definition) is 3. The topological polar surface area (TPSA) is 66.3 Å². The number of allylic oxidation sites excluding steroid dienone is 1. The molecular formula is C13H15N3O2S. The highest BCUT2D eigenvalue weighted by atomic mass is 32.1. The van der Waals surface area contributed by atoms with Gasteiger partial charge in [0.05, 0.1) is 6.26 Å². The van der Waals surface area contributed by atoms with Crippen molar-refractivity contribution in [2.24, 2.45) is 11.8 Å². The Hall–Kier alpha value is -1.82. The minimum atomic E-state index is -0.345. The zero-order chi connectivity index (χ0) is 13.2. The highest BCUT2D eigenvalue weighted by Gasteiger charge is 2.35. The fourth-order valence-corrected chi connectivity index (χ4v) is 2.94. The second-order valence-corrected chi connectivity index (χ2v) is 5.32. The molecule has 2 bridgehead atoms. The lowest BCUT2D eigenvalue weighted by Crippen LogP contribution is -2.50. The standard InChI is InChI=1S/C13H15N3O2S/c17-12(11-2-1-5-18-11)15-16-13(19)14-10-7-8-3-4-9(10)6-8/h1-5,8-10H,6-7H2,(H,15,17)(H2,14,16,19)/t8-,9+,10-/m1/s1. The lowest BCUT2D eigenvalue weighted by Gasteiger charge is -2.21. The molecule has 1 fully saturated rings. The van der Waals surface area contributed by atoms with Crippen LogP contribution in [0.2, 0.25) is 0 Å². The summed E-state index contributed by atoms with van der Waals surface area (Å²) in [5.41, 5.74) is 5.19. The van der Waals surface area contributed by atoms with Crippen molar-refractivity contribution >= 4 is 23.2 Å². The first kappa shape index (κ1) is 12.2. The first-order valence-electron chi connectivity index (χ1n) is 6.31. The van der Waals surface area contributed by atoms with Crippen molar-refractivity contribution in [3.63, 3.8) is 0 Å². The molecule has 1 aromatic rings. The van der Waals surface area contributed by atoms with Gasteiger partial charge in [0.25, 0.3) is 0 Å². The van der Waals surface area contributed by atoms with Crippen molar-refractivity contribution in [3.05, 3.63) is 36.3 Å². The van der Waals surface area contributed by atoms with Crippen LogP contribution >= 0.6 is 12.2 Å². The third-order valence-electron chi connectivity index (χ3n) is 3.63. The number of nitrogens with one attached hydrogen (secondary N) is 3.